The highest BCUT2D eigenvalue weighted by atomic mass is 32.2. The van der Waals surface area contributed by atoms with Gasteiger partial charge in [-0.1, -0.05) is 11.8 Å². The lowest BCUT2D eigenvalue weighted by molar-refractivity contribution is -0.120. The number of nitrogens with one attached hydrogen (secondary N) is 1. The molecule has 0 aromatic heterocycles. The van der Waals surface area contributed by atoms with E-state index < -0.39 is 0 Å². The van der Waals surface area contributed by atoms with Crippen molar-refractivity contribution < 1.29 is 9.53 Å². The Bertz CT molecular complexity index is 432. The maximum atomic E-state index is 12.0. The van der Waals surface area contributed by atoms with Crippen molar-refractivity contribution in [2.45, 2.75) is 6.42 Å². The molecule has 6 nitrogen and oxygen atoms in total. The number of ether oxygens (including phenoxy) is 1. The van der Waals surface area contributed by atoms with Crippen molar-refractivity contribution >= 4 is 22.8 Å². The molecule has 0 aromatic carbocycles. The van der Waals surface area contributed by atoms with Gasteiger partial charge < -0.3 is 15.0 Å². The monoisotopic (exact) mass is 296 g/mol. The summed E-state index contributed by atoms with van der Waals surface area (Å²) in [5.74, 6) is 0.0956. The fourth-order valence-electron chi connectivity index (χ4n) is 2.52. The predicted molar refractivity (Wildman–Crippen MR) is 79.6 cm³/mol. The lowest BCUT2D eigenvalue weighted by Crippen LogP contribution is -2.41. The molecular formula is C13H20N4O2S. The number of amides is 1. The number of amidine groups is 1. The predicted octanol–water partition coefficient (Wildman–Crippen LogP) is 0.0847. The van der Waals surface area contributed by atoms with Gasteiger partial charge in [0, 0.05) is 38.4 Å². The van der Waals surface area contributed by atoms with Gasteiger partial charge in [0.15, 0.2) is 5.17 Å². The van der Waals surface area contributed by atoms with E-state index in [1.807, 2.05) is 5.41 Å². The highest BCUT2D eigenvalue weighted by Gasteiger charge is 2.27. The molecule has 0 unspecified atom stereocenters. The van der Waals surface area contributed by atoms with Gasteiger partial charge in [0.1, 0.15) is 0 Å². The molecule has 0 aliphatic carbocycles. The van der Waals surface area contributed by atoms with Crippen molar-refractivity contribution in [1.29, 1.82) is 0 Å². The van der Waals surface area contributed by atoms with Crippen molar-refractivity contribution in [1.82, 2.24) is 15.1 Å². The standard InChI is InChI=1S/C13H20N4O2S/c18-12(14-1-3-16-5-7-19-8-6-16)9-11-10-20-13-15-2-4-17(11)13/h10H,1-9H2,(H,14,18). The van der Waals surface area contributed by atoms with Crippen LogP contribution in [0.3, 0.4) is 0 Å². The molecule has 3 rings (SSSR count). The van der Waals surface area contributed by atoms with Gasteiger partial charge in [0.2, 0.25) is 5.91 Å². The van der Waals surface area contributed by atoms with E-state index in [-0.39, 0.29) is 5.91 Å². The number of carbonyl (C=O) groups excluding carboxylic acids is 1. The van der Waals surface area contributed by atoms with E-state index in [4.69, 9.17) is 4.74 Å². The number of morpholine rings is 1. The smallest absolute Gasteiger partial charge is 0.226 e. The van der Waals surface area contributed by atoms with E-state index in [0.717, 1.165) is 56.8 Å². The number of fused-ring (bicyclic) bond motifs is 1. The molecule has 0 bridgehead atoms. The van der Waals surface area contributed by atoms with Crippen molar-refractivity contribution in [2.75, 3.05) is 52.5 Å². The summed E-state index contributed by atoms with van der Waals surface area (Å²) in [5.41, 5.74) is 1.08. The van der Waals surface area contributed by atoms with Crippen LogP contribution < -0.4 is 5.32 Å². The first-order chi connectivity index (χ1) is 9.83. The third kappa shape index (κ3) is 3.34. The zero-order valence-corrected chi connectivity index (χ0v) is 12.3. The molecule has 20 heavy (non-hydrogen) atoms. The number of hydrogen-bond acceptors (Lipinski definition) is 6. The molecule has 0 spiro atoms. The topological polar surface area (TPSA) is 57.2 Å². The van der Waals surface area contributed by atoms with Crippen molar-refractivity contribution in [3.63, 3.8) is 0 Å². The highest BCUT2D eigenvalue weighted by Crippen LogP contribution is 2.30. The van der Waals surface area contributed by atoms with E-state index in [1.165, 1.54) is 0 Å². The van der Waals surface area contributed by atoms with Crippen LogP contribution in [0.25, 0.3) is 0 Å². The largest absolute Gasteiger partial charge is 0.379 e. The first-order valence-corrected chi connectivity index (χ1v) is 7.95. The molecule has 0 atom stereocenters. The molecule has 1 fully saturated rings. The van der Waals surface area contributed by atoms with Crippen LogP contribution in [0.15, 0.2) is 16.1 Å². The Balaban J connectivity index is 1.36. The Hall–Kier alpha value is -1.05. The van der Waals surface area contributed by atoms with Crippen molar-refractivity contribution in [2.24, 2.45) is 4.99 Å². The van der Waals surface area contributed by atoms with E-state index in [0.29, 0.717) is 13.0 Å². The van der Waals surface area contributed by atoms with Crippen LogP contribution in [0.4, 0.5) is 0 Å². The maximum Gasteiger partial charge on any atom is 0.226 e. The van der Waals surface area contributed by atoms with Crippen LogP contribution in [-0.4, -0.2) is 73.4 Å². The van der Waals surface area contributed by atoms with Gasteiger partial charge in [-0.2, -0.15) is 0 Å². The quantitative estimate of drug-likeness (QED) is 0.779. The Morgan fingerprint density at radius 3 is 3.10 bits per heavy atom. The molecule has 1 saturated heterocycles. The van der Waals surface area contributed by atoms with Gasteiger partial charge in [0.25, 0.3) is 0 Å². The molecule has 0 radical (unpaired) electrons. The third-order valence-corrected chi connectivity index (χ3v) is 4.59. The second-order valence-corrected chi connectivity index (χ2v) is 5.86. The fourth-order valence-corrected chi connectivity index (χ4v) is 3.47. The minimum absolute atomic E-state index is 0.0956. The number of nitrogens with zero attached hydrogens (tertiary/aromatic N) is 3. The van der Waals surface area contributed by atoms with Crippen LogP contribution >= 0.6 is 11.8 Å². The van der Waals surface area contributed by atoms with Gasteiger partial charge in [-0.25, -0.2) is 0 Å². The Morgan fingerprint density at radius 1 is 1.40 bits per heavy atom. The van der Waals surface area contributed by atoms with Gasteiger partial charge in [-0.3, -0.25) is 14.7 Å². The molecule has 1 amide bonds. The molecule has 0 aromatic rings. The summed E-state index contributed by atoms with van der Waals surface area (Å²) in [6, 6.07) is 0. The van der Waals surface area contributed by atoms with Crippen LogP contribution in [-0.2, 0) is 9.53 Å². The Labute approximate surface area is 123 Å². The second kappa shape index (κ2) is 6.60. The number of thioether (sulfide) groups is 1. The van der Waals surface area contributed by atoms with Crippen LogP contribution in [0.1, 0.15) is 6.42 Å². The maximum absolute atomic E-state index is 12.0. The van der Waals surface area contributed by atoms with E-state index >= 15 is 0 Å². The molecule has 7 heteroatoms. The summed E-state index contributed by atoms with van der Waals surface area (Å²) < 4.78 is 5.30. The van der Waals surface area contributed by atoms with Gasteiger partial charge in [-0.05, 0) is 5.41 Å². The number of rotatable bonds is 5. The molecule has 110 valence electrons. The summed E-state index contributed by atoms with van der Waals surface area (Å²) >= 11 is 1.62. The van der Waals surface area contributed by atoms with E-state index in [1.54, 1.807) is 11.8 Å². The third-order valence-electron chi connectivity index (χ3n) is 3.64. The van der Waals surface area contributed by atoms with E-state index in [2.05, 4.69) is 20.1 Å². The first kappa shape index (κ1) is 13.9. The SMILES string of the molecule is O=C(CC1=CSC2=NCCN12)NCCN1CCOCC1. The lowest BCUT2D eigenvalue weighted by atomic mass is 10.3. The minimum Gasteiger partial charge on any atom is -0.379 e. The molecule has 3 heterocycles. The van der Waals surface area contributed by atoms with Gasteiger partial charge in [-0.15, -0.1) is 0 Å². The van der Waals surface area contributed by atoms with Crippen LogP contribution in [0.5, 0.6) is 0 Å². The van der Waals surface area contributed by atoms with Gasteiger partial charge >= 0.3 is 0 Å². The normalized spacial score (nSPS) is 22.5. The molecule has 0 saturated carbocycles. The molecule has 3 aliphatic rings. The van der Waals surface area contributed by atoms with Crippen LogP contribution in [0.2, 0.25) is 0 Å². The summed E-state index contributed by atoms with van der Waals surface area (Å²) in [7, 11) is 0. The lowest BCUT2D eigenvalue weighted by Gasteiger charge is -2.26. The summed E-state index contributed by atoms with van der Waals surface area (Å²) in [6.45, 7) is 6.90. The highest BCUT2D eigenvalue weighted by molar-refractivity contribution is 8.16. The fraction of sp³-hybridized carbons (Fsp3) is 0.692. The molecule has 1 N–H and O–H groups in total. The number of hydrogen-bond donors (Lipinski definition) is 1. The van der Waals surface area contributed by atoms with Gasteiger partial charge in [0.05, 0.1) is 26.2 Å². The number of aliphatic imine (C=N–C) groups is 1. The summed E-state index contributed by atoms with van der Waals surface area (Å²) in [6.07, 6.45) is 0.454. The average molecular weight is 296 g/mol. The zero-order chi connectivity index (χ0) is 13.8. The van der Waals surface area contributed by atoms with E-state index in [9.17, 15) is 4.79 Å². The van der Waals surface area contributed by atoms with Crippen LogP contribution in [0, 0.1) is 0 Å². The molecule has 3 aliphatic heterocycles. The first-order valence-electron chi connectivity index (χ1n) is 7.07. The minimum atomic E-state index is 0.0956. The van der Waals surface area contributed by atoms with Crippen molar-refractivity contribution in [3.05, 3.63) is 11.1 Å². The Kier molecular flexibility index (Phi) is 4.59. The van der Waals surface area contributed by atoms with Crippen molar-refractivity contribution in [3.8, 4) is 0 Å². The summed E-state index contributed by atoms with van der Waals surface area (Å²) in [4.78, 5) is 20.8. The zero-order valence-electron chi connectivity index (χ0n) is 11.5. The molecular weight excluding hydrogens is 276 g/mol. The summed E-state index contributed by atoms with van der Waals surface area (Å²) in [5, 5.41) is 6.08. The number of carbonyl (C=O) groups is 1. The average Bonchev–Trinajstić information content (AvgIpc) is 3.05. The second-order valence-electron chi connectivity index (χ2n) is 5.02. The Morgan fingerprint density at radius 2 is 2.25 bits per heavy atom.